The third kappa shape index (κ3) is 3.12. The smallest absolute Gasteiger partial charge is 0.325 e. The van der Waals surface area contributed by atoms with E-state index in [4.69, 9.17) is 9.47 Å². The van der Waals surface area contributed by atoms with Crippen molar-refractivity contribution in [3.63, 3.8) is 0 Å². The maximum absolute atomic E-state index is 12.7. The number of hydrogen-bond donors (Lipinski definition) is 1. The Balaban J connectivity index is 1.26. The van der Waals surface area contributed by atoms with Gasteiger partial charge in [-0.05, 0) is 69.1 Å². The number of hydrogen-bond acceptors (Lipinski definition) is 4. The van der Waals surface area contributed by atoms with E-state index in [1.807, 2.05) is 0 Å². The molecule has 0 aromatic carbocycles. The highest BCUT2D eigenvalue weighted by Gasteiger charge is 2.54. The molecule has 1 unspecified atom stereocenters. The van der Waals surface area contributed by atoms with Gasteiger partial charge in [-0.2, -0.15) is 0 Å². The molecule has 1 N–H and O–H groups in total. The Kier molecular flexibility index (Phi) is 4.08. The molecule has 0 spiro atoms. The Morgan fingerprint density at radius 2 is 1.74 bits per heavy atom. The van der Waals surface area contributed by atoms with Crippen molar-refractivity contribution in [1.82, 2.24) is 5.32 Å². The van der Waals surface area contributed by atoms with E-state index in [-0.39, 0.29) is 29.9 Å². The molecular weight excluding hydrogens is 294 g/mol. The van der Waals surface area contributed by atoms with Crippen LogP contribution in [0.3, 0.4) is 0 Å². The van der Waals surface area contributed by atoms with Gasteiger partial charge in [0.25, 0.3) is 0 Å². The number of carbonyl (C=O) groups excluding carboxylic acids is 2. The van der Waals surface area contributed by atoms with Crippen LogP contribution in [0.15, 0.2) is 0 Å². The lowest BCUT2D eigenvalue weighted by Gasteiger charge is -2.55. The van der Waals surface area contributed by atoms with Gasteiger partial charge in [0.2, 0.25) is 5.91 Å². The molecule has 128 valence electrons. The lowest BCUT2D eigenvalue weighted by molar-refractivity contribution is -0.152. The van der Waals surface area contributed by atoms with E-state index in [0.717, 1.165) is 56.5 Å². The Hall–Kier alpha value is -1.10. The van der Waals surface area contributed by atoms with Crippen LogP contribution in [0.25, 0.3) is 0 Å². The highest BCUT2D eigenvalue weighted by Crippen LogP contribution is 2.60. The van der Waals surface area contributed by atoms with Gasteiger partial charge in [0.05, 0.1) is 6.10 Å². The van der Waals surface area contributed by atoms with Gasteiger partial charge in [-0.3, -0.25) is 9.59 Å². The molecule has 5 rings (SSSR count). The largest absolute Gasteiger partial charge is 0.462 e. The molecular formula is C18H27NO4. The van der Waals surface area contributed by atoms with Crippen molar-refractivity contribution in [3.05, 3.63) is 0 Å². The molecule has 5 fully saturated rings. The summed E-state index contributed by atoms with van der Waals surface area (Å²) in [5, 5.41) is 2.86. The summed E-state index contributed by atoms with van der Waals surface area (Å²) >= 11 is 0. The minimum absolute atomic E-state index is 0.00664. The highest BCUT2D eigenvalue weighted by molar-refractivity contribution is 5.86. The first-order valence-corrected chi connectivity index (χ1v) is 9.18. The van der Waals surface area contributed by atoms with Crippen molar-refractivity contribution in [2.45, 2.75) is 57.5 Å². The molecule has 5 heteroatoms. The molecule has 0 aromatic heterocycles. The molecule has 0 aromatic rings. The number of esters is 1. The minimum Gasteiger partial charge on any atom is -0.462 e. The summed E-state index contributed by atoms with van der Waals surface area (Å²) in [6, 6.07) is 0. The van der Waals surface area contributed by atoms with Gasteiger partial charge in [0.15, 0.2) is 0 Å². The average Bonchev–Trinajstić information content (AvgIpc) is 3.02. The molecule has 1 saturated heterocycles. The number of rotatable bonds is 5. The number of carbonyl (C=O) groups is 2. The number of ether oxygens (including phenoxy) is 2. The first-order valence-electron chi connectivity index (χ1n) is 9.18. The van der Waals surface area contributed by atoms with Crippen molar-refractivity contribution in [2.24, 2.45) is 23.2 Å². The molecule has 1 aliphatic heterocycles. The van der Waals surface area contributed by atoms with Gasteiger partial charge < -0.3 is 14.8 Å². The van der Waals surface area contributed by atoms with Crippen molar-refractivity contribution >= 4 is 11.9 Å². The van der Waals surface area contributed by atoms with Crippen molar-refractivity contribution in [2.75, 3.05) is 19.8 Å². The van der Waals surface area contributed by atoms with E-state index in [2.05, 4.69) is 5.32 Å². The molecule has 1 heterocycles. The summed E-state index contributed by atoms with van der Waals surface area (Å²) in [6.45, 7) is 1.06. The summed E-state index contributed by atoms with van der Waals surface area (Å²) in [4.78, 5) is 24.6. The fourth-order valence-electron chi connectivity index (χ4n) is 5.74. The third-order valence-electron chi connectivity index (χ3n) is 6.37. The second-order valence-electron chi connectivity index (χ2n) is 8.20. The SMILES string of the molecule is O=C(CNC(=O)C12CC3CC(CC(C3)C1)C2)OCC1CCCO1. The zero-order chi connectivity index (χ0) is 15.9. The molecule has 5 aliphatic rings. The number of amides is 1. The Labute approximate surface area is 137 Å². The normalized spacial score (nSPS) is 41.0. The maximum Gasteiger partial charge on any atom is 0.325 e. The third-order valence-corrected chi connectivity index (χ3v) is 6.37. The predicted molar refractivity (Wildman–Crippen MR) is 83.5 cm³/mol. The molecule has 23 heavy (non-hydrogen) atoms. The molecule has 4 saturated carbocycles. The molecule has 1 atom stereocenters. The second kappa shape index (κ2) is 6.08. The summed E-state index contributed by atoms with van der Waals surface area (Å²) < 4.78 is 10.6. The zero-order valence-corrected chi connectivity index (χ0v) is 13.7. The van der Waals surface area contributed by atoms with Crippen LogP contribution in [0.5, 0.6) is 0 Å². The maximum atomic E-state index is 12.7. The number of nitrogens with one attached hydrogen (secondary N) is 1. The van der Waals surface area contributed by atoms with E-state index in [9.17, 15) is 9.59 Å². The Bertz CT molecular complexity index is 448. The van der Waals surface area contributed by atoms with E-state index in [1.54, 1.807) is 0 Å². The van der Waals surface area contributed by atoms with Gasteiger partial charge in [0, 0.05) is 12.0 Å². The topological polar surface area (TPSA) is 64.6 Å². The molecule has 0 radical (unpaired) electrons. The Morgan fingerprint density at radius 3 is 2.30 bits per heavy atom. The lowest BCUT2D eigenvalue weighted by atomic mass is 9.49. The van der Waals surface area contributed by atoms with Crippen LogP contribution in [0.4, 0.5) is 0 Å². The van der Waals surface area contributed by atoms with Gasteiger partial charge in [-0.15, -0.1) is 0 Å². The summed E-state index contributed by atoms with van der Waals surface area (Å²) in [5.41, 5.74) is -0.191. The van der Waals surface area contributed by atoms with E-state index < -0.39 is 0 Å². The van der Waals surface area contributed by atoms with E-state index in [0.29, 0.717) is 6.61 Å². The van der Waals surface area contributed by atoms with Crippen LogP contribution in [-0.2, 0) is 19.1 Å². The van der Waals surface area contributed by atoms with Gasteiger partial charge in [0.1, 0.15) is 13.2 Å². The van der Waals surface area contributed by atoms with Crippen molar-refractivity contribution in [3.8, 4) is 0 Å². The van der Waals surface area contributed by atoms with Gasteiger partial charge in [-0.25, -0.2) is 0 Å². The van der Waals surface area contributed by atoms with Crippen LogP contribution in [0.1, 0.15) is 51.4 Å². The molecule has 5 nitrogen and oxygen atoms in total. The molecule has 1 amide bonds. The van der Waals surface area contributed by atoms with Crippen LogP contribution < -0.4 is 5.32 Å². The van der Waals surface area contributed by atoms with Crippen molar-refractivity contribution < 1.29 is 19.1 Å². The Morgan fingerprint density at radius 1 is 1.09 bits per heavy atom. The highest BCUT2D eigenvalue weighted by atomic mass is 16.6. The van der Waals surface area contributed by atoms with E-state index >= 15 is 0 Å². The van der Waals surface area contributed by atoms with Crippen LogP contribution in [0, 0.1) is 23.2 Å². The monoisotopic (exact) mass is 321 g/mol. The van der Waals surface area contributed by atoms with Crippen molar-refractivity contribution in [1.29, 1.82) is 0 Å². The summed E-state index contributed by atoms with van der Waals surface area (Å²) in [5.74, 6) is 1.94. The lowest BCUT2D eigenvalue weighted by Crippen LogP contribution is -2.54. The van der Waals surface area contributed by atoms with Gasteiger partial charge in [-0.1, -0.05) is 0 Å². The minimum atomic E-state index is -0.349. The standard InChI is InChI=1S/C18H27NO4/c20-16(23-11-15-2-1-3-22-15)10-19-17(21)18-7-12-4-13(8-18)6-14(5-12)9-18/h12-15H,1-11H2,(H,19,21). The fraction of sp³-hybridized carbons (Fsp3) is 0.889. The summed E-state index contributed by atoms with van der Waals surface area (Å²) in [7, 11) is 0. The summed E-state index contributed by atoms with van der Waals surface area (Å²) in [6.07, 6.45) is 9.04. The molecule has 4 bridgehead atoms. The van der Waals surface area contributed by atoms with Gasteiger partial charge >= 0.3 is 5.97 Å². The van der Waals surface area contributed by atoms with Crippen LogP contribution in [-0.4, -0.2) is 37.7 Å². The predicted octanol–water partition coefficient (Wildman–Crippen LogP) is 2.04. The first kappa shape index (κ1) is 15.4. The fourth-order valence-corrected chi connectivity index (χ4v) is 5.74. The first-order chi connectivity index (χ1) is 11.1. The second-order valence-corrected chi connectivity index (χ2v) is 8.20. The molecule has 4 aliphatic carbocycles. The van der Waals surface area contributed by atoms with E-state index in [1.165, 1.54) is 19.3 Å². The van der Waals surface area contributed by atoms with Crippen LogP contribution >= 0.6 is 0 Å². The zero-order valence-electron chi connectivity index (χ0n) is 13.7. The quantitative estimate of drug-likeness (QED) is 0.787. The van der Waals surface area contributed by atoms with Crippen LogP contribution in [0.2, 0.25) is 0 Å². The average molecular weight is 321 g/mol.